The molecule has 0 spiro atoms. The fourth-order valence-electron chi connectivity index (χ4n) is 1.50. The molecule has 13 heavy (non-hydrogen) atoms. The van der Waals surface area contributed by atoms with Gasteiger partial charge in [-0.25, -0.2) is 0 Å². The lowest BCUT2D eigenvalue weighted by Gasteiger charge is -2.40. The van der Waals surface area contributed by atoms with E-state index in [1.54, 1.807) is 0 Å². The zero-order valence-electron chi connectivity index (χ0n) is 9.57. The molecule has 0 aliphatic heterocycles. The lowest BCUT2D eigenvalue weighted by atomic mass is 9.65. The first kappa shape index (κ1) is 13.0. The van der Waals surface area contributed by atoms with Crippen molar-refractivity contribution in [1.82, 2.24) is 0 Å². The van der Waals surface area contributed by atoms with Gasteiger partial charge in [-0.15, -0.1) is 0 Å². The molecule has 0 aliphatic rings. The third-order valence-corrected chi connectivity index (χ3v) is 3.32. The van der Waals surface area contributed by atoms with Gasteiger partial charge >= 0.3 is 0 Å². The molecule has 1 unspecified atom stereocenters. The maximum Gasteiger partial charge on any atom is 0.228 e. The van der Waals surface area contributed by atoms with Crippen molar-refractivity contribution in [3.8, 4) is 0 Å². The molecule has 0 saturated heterocycles. The van der Waals surface area contributed by atoms with Gasteiger partial charge in [0.25, 0.3) is 0 Å². The number of hydrogen-bond donors (Lipinski definition) is 0. The fourth-order valence-corrected chi connectivity index (χ4v) is 1.86. The van der Waals surface area contributed by atoms with E-state index in [0.717, 1.165) is 6.42 Å². The zero-order valence-corrected chi connectivity index (χ0v) is 10.3. The molecule has 0 aromatic carbocycles. The van der Waals surface area contributed by atoms with E-state index in [0.29, 0.717) is 5.92 Å². The van der Waals surface area contributed by atoms with Crippen molar-refractivity contribution in [1.29, 1.82) is 0 Å². The van der Waals surface area contributed by atoms with Crippen LogP contribution in [-0.2, 0) is 4.79 Å². The summed E-state index contributed by atoms with van der Waals surface area (Å²) in [4.78, 5) is 11.4. The molecule has 0 aromatic heterocycles. The van der Waals surface area contributed by atoms with E-state index in [9.17, 15) is 4.79 Å². The molecular formula is C11H21ClO. The van der Waals surface area contributed by atoms with E-state index in [2.05, 4.69) is 34.6 Å². The van der Waals surface area contributed by atoms with Crippen molar-refractivity contribution in [3.05, 3.63) is 0 Å². The second kappa shape index (κ2) is 4.00. The fraction of sp³-hybridized carbons (Fsp3) is 0.909. The van der Waals surface area contributed by atoms with Crippen LogP contribution in [0.3, 0.4) is 0 Å². The maximum atomic E-state index is 11.4. The zero-order chi connectivity index (χ0) is 10.9. The Morgan fingerprint density at radius 2 is 1.62 bits per heavy atom. The smallest absolute Gasteiger partial charge is 0.228 e. The Kier molecular flexibility index (Phi) is 3.98. The molecule has 0 amide bonds. The van der Waals surface area contributed by atoms with Gasteiger partial charge in [0.15, 0.2) is 0 Å². The second-order valence-corrected chi connectivity index (χ2v) is 5.80. The molecule has 0 rings (SSSR count). The highest BCUT2D eigenvalue weighted by molar-refractivity contribution is 6.64. The van der Waals surface area contributed by atoms with Gasteiger partial charge in [0.1, 0.15) is 0 Å². The molecule has 0 saturated carbocycles. The van der Waals surface area contributed by atoms with Crippen LogP contribution >= 0.6 is 11.6 Å². The summed E-state index contributed by atoms with van der Waals surface area (Å²) in [5.41, 5.74) is -0.487. The van der Waals surface area contributed by atoms with Crippen LogP contribution in [0.2, 0.25) is 0 Å². The summed E-state index contributed by atoms with van der Waals surface area (Å²) in [7, 11) is 0. The lowest BCUT2D eigenvalue weighted by Crippen LogP contribution is -2.39. The monoisotopic (exact) mass is 204 g/mol. The van der Waals surface area contributed by atoms with Gasteiger partial charge in [-0.05, 0) is 29.4 Å². The van der Waals surface area contributed by atoms with E-state index in [1.165, 1.54) is 0 Å². The van der Waals surface area contributed by atoms with E-state index < -0.39 is 5.41 Å². The van der Waals surface area contributed by atoms with Crippen molar-refractivity contribution in [2.24, 2.45) is 16.7 Å². The van der Waals surface area contributed by atoms with E-state index in [4.69, 9.17) is 11.6 Å². The predicted octanol–water partition coefficient (Wildman–Crippen LogP) is 3.85. The summed E-state index contributed by atoms with van der Waals surface area (Å²) in [6.45, 7) is 12.4. The summed E-state index contributed by atoms with van der Waals surface area (Å²) in [5, 5.41) is -0.214. The third-order valence-electron chi connectivity index (χ3n) is 2.91. The lowest BCUT2D eigenvalue weighted by molar-refractivity contribution is -0.126. The van der Waals surface area contributed by atoms with Gasteiger partial charge in [-0.2, -0.15) is 0 Å². The molecule has 0 aromatic rings. The highest BCUT2D eigenvalue weighted by Gasteiger charge is 2.43. The van der Waals surface area contributed by atoms with Crippen molar-refractivity contribution in [2.45, 2.75) is 48.0 Å². The minimum Gasteiger partial charge on any atom is -0.281 e. The normalized spacial score (nSPS) is 17.2. The first-order valence-electron chi connectivity index (χ1n) is 4.81. The van der Waals surface area contributed by atoms with E-state index in [-0.39, 0.29) is 10.7 Å². The van der Waals surface area contributed by atoms with Crippen LogP contribution in [0.25, 0.3) is 0 Å². The first-order valence-corrected chi connectivity index (χ1v) is 5.19. The Labute approximate surface area is 86.9 Å². The van der Waals surface area contributed by atoms with Crippen LogP contribution in [0.15, 0.2) is 0 Å². The van der Waals surface area contributed by atoms with Gasteiger partial charge < -0.3 is 0 Å². The average Bonchev–Trinajstić information content (AvgIpc) is 1.82. The molecule has 0 radical (unpaired) electrons. The molecule has 0 aliphatic carbocycles. The topological polar surface area (TPSA) is 17.1 Å². The van der Waals surface area contributed by atoms with Crippen LogP contribution in [0, 0.1) is 16.7 Å². The van der Waals surface area contributed by atoms with E-state index >= 15 is 0 Å². The standard InChI is InChI=1S/C11H21ClO/c1-8(2)7-11(6,9(12)13)10(3,4)5/h8H,7H2,1-6H3. The van der Waals surface area contributed by atoms with Crippen molar-refractivity contribution in [2.75, 3.05) is 0 Å². The quantitative estimate of drug-likeness (QED) is 0.639. The predicted molar refractivity (Wildman–Crippen MR) is 57.9 cm³/mol. The summed E-state index contributed by atoms with van der Waals surface area (Å²) in [6, 6.07) is 0. The van der Waals surface area contributed by atoms with Crippen LogP contribution in [0.4, 0.5) is 0 Å². The van der Waals surface area contributed by atoms with Crippen molar-refractivity contribution >= 4 is 16.8 Å². The maximum absolute atomic E-state index is 11.4. The van der Waals surface area contributed by atoms with Crippen LogP contribution in [-0.4, -0.2) is 5.24 Å². The Balaban J connectivity index is 4.85. The molecule has 0 N–H and O–H groups in total. The van der Waals surface area contributed by atoms with Crippen LogP contribution in [0.1, 0.15) is 48.0 Å². The first-order chi connectivity index (χ1) is 5.61. The van der Waals surface area contributed by atoms with Crippen LogP contribution < -0.4 is 0 Å². The highest BCUT2D eigenvalue weighted by Crippen LogP contribution is 2.44. The largest absolute Gasteiger partial charge is 0.281 e. The Bertz CT molecular complexity index is 191. The van der Waals surface area contributed by atoms with Gasteiger partial charge in [0.05, 0.1) is 0 Å². The molecular weight excluding hydrogens is 184 g/mol. The second-order valence-electron chi connectivity index (χ2n) is 5.45. The van der Waals surface area contributed by atoms with Gasteiger partial charge in [-0.3, -0.25) is 4.79 Å². The molecule has 1 nitrogen and oxygen atoms in total. The Morgan fingerprint density at radius 3 is 1.69 bits per heavy atom. The summed E-state index contributed by atoms with van der Waals surface area (Å²) in [5.74, 6) is 0.493. The Morgan fingerprint density at radius 1 is 1.23 bits per heavy atom. The molecule has 0 fully saturated rings. The molecule has 2 heteroatoms. The van der Waals surface area contributed by atoms with Gasteiger partial charge in [0, 0.05) is 5.41 Å². The highest BCUT2D eigenvalue weighted by atomic mass is 35.5. The van der Waals surface area contributed by atoms with Gasteiger partial charge in [-0.1, -0.05) is 41.5 Å². The summed E-state index contributed by atoms with van der Waals surface area (Å²) in [6.07, 6.45) is 0.846. The Hall–Kier alpha value is -0.0400. The number of hydrogen-bond acceptors (Lipinski definition) is 1. The number of carbonyl (C=O) groups is 1. The summed E-state index contributed by atoms with van der Waals surface area (Å²) >= 11 is 5.67. The minimum atomic E-state index is -0.414. The summed E-state index contributed by atoms with van der Waals surface area (Å²) < 4.78 is 0. The van der Waals surface area contributed by atoms with E-state index in [1.807, 2.05) is 6.92 Å². The number of carbonyl (C=O) groups excluding carboxylic acids is 1. The molecule has 0 bridgehead atoms. The number of rotatable bonds is 3. The van der Waals surface area contributed by atoms with Crippen molar-refractivity contribution in [3.63, 3.8) is 0 Å². The molecule has 1 atom stereocenters. The van der Waals surface area contributed by atoms with Crippen molar-refractivity contribution < 1.29 is 4.79 Å². The van der Waals surface area contributed by atoms with Gasteiger partial charge in [0.2, 0.25) is 5.24 Å². The average molecular weight is 205 g/mol. The SMILES string of the molecule is CC(C)CC(C)(C(=O)Cl)C(C)(C)C. The van der Waals surface area contributed by atoms with Crippen LogP contribution in [0.5, 0.6) is 0 Å². The minimum absolute atomic E-state index is 0.0733. The molecule has 78 valence electrons. The third kappa shape index (κ3) is 2.98. The molecule has 0 heterocycles. The number of halogens is 1.